The summed E-state index contributed by atoms with van der Waals surface area (Å²) in [5.41, 5.74) is 1.20. The van der Waals surface area contributed by atoms with Crippen LogP contribution in [0.4, 0.5) is 0 Å². The molecule has 0 radical (unpaired) electrons. The summed E-state index contributed by atoms with van der Waals surface area (Å²) in [6, 6.07) is 12.6. The molecule has 2 aromatic heterocycles. The first-order chi connectivity index (χ1) is 8.75. The fourth-order valence-electron chi connectivity index (χ4n) is 1.89. The van der Waals surface area contributed by atoms with Gasteiger partial charge in [-0.1, -0.05) is 23.7 Å². The van der Waals surface area contributed by atoms with Gasteiger partial charge in [0.05, 0.1) is 5.52 Å². The number of carbonyl (C=O) groups excluding carboxylic acids is 1. The van der Waals surface area contributed by atoms with E-state index in [1.165, 1.54) is 0 Å². The maximum absolute atomic E-state index is 12.3. The largest absolute Gasteiger partial charge is 0.282 e. The standard InChI is InChI=1S/C14H9ClN2O/c15-11-5-4-10-6-8-17(13(10)9-11)14(18)12-3-1-2-7-16-12/h1-9H. The molecular weight excluding hydrogens is 248 g/mol. The van der Waals surface area contributed by atoms with Crippen molar-refractivity contribution in [1.29, 1.82) is 0 Å². The number of benzene rings is 1. The van der Waals surface area contributed by atoms with Crippen molar-refractivity contribution in [3.8, 4) is 0 Å². The molecule has 0 bridgehead atoms. The van der Waals surface area contributed by atoms with E-state index in [9.17, 15) is 4.79 Å². The monoisotopic (exact) mass is 256 g/mol. The van der Waals surface area contributed by atoms with Gasteiger partial charge in [-0.05, 0) is 30.3 Å². The molecule has 0 saturated heterocycles. The predicted molar refractivity (Wildman–Crippen MR) is 70.9 cm³/mol. The van der Waals surface area contributed by atoms with E-state index in [2.05, 4.69) is 4.98 Å². The second kappa shape index (κ2) is 4.27. The highest BCUT2D eigenvalue weighted by Gasteiger charge is 2.12. The van der Waals surface area contributed by atoms with E-state index in [1.807, 2.05) is 12.1 Å². The highest BCUT2D eigenvalue weighted by atomic mass is 35.5. The molecule has 0 amide bonds. The lowest BCUT2D eigenvalue weighted by Crippen LogP contribution is -2.12. The predicted octanol–water partition coefficient (Wildman–Crippen LogP) is 3.38. The average molecular weight is 257 g/mol. The van der Waals surface area contributed by atoms with Gasteiger partial charge in [0, 0.05) is 22.8 Å². The second-order valence-electron chi connectivity index (χ2n) is 3.91. The van der Waals surface area contributed by atoms with Gasteiger partial charge < -0.3 is 0 Å². The highest BCUT2D eigenvalue weighted by Crippen LogP contribution is 2.21. The van der Waals surface area contributed by atoms with Gasteiger partial charge in [0.15, 0.2) is 0 Å². The number of nitrogens with zero attached hydrogens (tertiary/aromatic N) is 2. The van der Waals surface area contributed by atoms with Gasteiger partial charge in [-0.2, -0.15) is 0 Å². The summed E-state index contributed by atoms with van der Waals surface area (Å²) in [4.78, 5) is 16.4. The Morgan fingerprint density at radius 3 is 2.83 bits per heavy atom. The van der Waals surface area contributed by atoms with Gasteiger partial charge in [0.1, 0.15) is 5.69 Å². The minimum Gasteiger partial charge on any atom is -0.282 e. The van der Waals surface area contributed by atoms with Crippen LogP contribution in [0.15, 0.2) is 54.9 Å². The molecule has 0 saturated carbocycles. The quantitative estimate of drug-likeness (QED) is 0.669. The molecule has 0 aliphatic carbocycles. The van der Waals surface area contributed by atoms with Crippen molar-refractivity contribution >= 4 is 28.4 Å². The smallest absolute Gasteiger partial charge is 0.280 e. The van der Waals surface area contributed by atoms with Crippen LogP contribution >= 0.6 is 11.6 Å². The molecule has 1 aromatic carbocycles. The van der Waals surface area contributed by atoms with Crippen LogP contribution in [0.3, 0.4) is 0 Å². The summed E-state index contributed by atoms with van der Waals surface area (Å²) < 4.78 is 1.56. The number of hydrogen-bond donors (Lipinski definition) is 0. The average Bonchev–Trinajstić information content (AvgIpc) is 2.82. The van der Waals surface area contributed by atoms with Crippen LogP contribution in [0.5, 0.6) is 0 Å². The molecule has 0 aliphatic heterocycles. The Labute approximate surface area is 109 Å². The van der Waals surface area contributed by atoms with Crippen molar-refractivity contribution in [3.05, 3.63) is 65.6 Å². The number of pyridine rings is 1. The van der Waals surface area contributed by atoms with E-state index in [0.717, 1.165) is 10.9 Å². The van der Waals surface area contributed by atoms with E-state index in [0.29, 0.717) is 10.7 Å². The third kappa shape index (κ3) is 1.79. The van der Waals surface area contributed by atoms with Gasteiger partial charge >= 0.3 is 0 Å². The van der Waals surface area contributed by atoms with Crippen LogP contribution in [0, 0.1) is 0 Å². The van der Waals surface area contributed by atoms with Crippen molar-refractivity contribution in [1.82, 2.24) is 9.55 Å². The Morgan fingerprint density at radius 1 is 1.17 bits per heavy atom. The Hall–Kier alpha value is -2.13. The summed E-state index contributed by atoms with van der Waals surface area (Å²) in [6.07, 6.45) is 3.34. The van der Waals surface area contributed by atoms with Crippen LogP contribution in [0.25, 0.3) is 10.9 Å². The van der Waals surface area contributed by atoms with Crippen molar-refractivity contribution in [2.45, 2.75) is 0 Å². The zero-order chi connectivity index (χ0) is 12.5. The number of rotatable bonds is 1. The molecule has 3 aromatic rings. The Bertz CT molecular complexity index is 719. The highest BCUT2D eigenvalue weighted by molar-refractivity contribution is 6.31. The maximum Gasteiger partial charge on any atom is 0.280 e. The summed E-state index contributed by atoms with van der Waals surface area (Å²) >= 11 is 5.96. The molecule has 0 spiro atoms. The second-order valence-corrected chi connectivity index (χ2v) is 4.35. The van der Waals surface area contributed by atoms with Gasteiger partial charge in [0.25, 0.3) is 5.91 Å². The summed E-state index contributed by atoms with van der Waals surface area (Å²) in [6.45, 7) is 0. The molecule has 18 heavy (non-hydrogen) atoms. The van der Waals surface area contributed by atoms with Gasteiger partial charge in [-0.25, -0.2) is 0 Å². The lowest BCUT2D eigenvalue weighted by atomic mass is 10.2. The molecule has 4 heteroatoms. The van der Waals surface area contributed by atoms with E-state index in [4.69, 9.17) is 11.6 Å². The van der Waals surface area contributed by atoms with Gasteiger partial charge in [0.2, 0.25) is 0 Å². The zero-order valence-electron chi connectivity index (χ0n) is 9.38. The number of aromatic nitrogens is 2. The Morgan fingerprint density at radius 2 is 2.06 bits per heavy atom. The first-order valence-electron chi connectivity index (χ1n) is 5.48. The Kier molecular flexibility index (Phi) is 2.61. The third-order valence-electron chi connectivity index (χ3n) is 2.76. The van der Waals surface area contributed by atoms with Crippen LogP contribution < -0.4 is 0 Å². The van der Waals surface area contributed by atoms with Gasteiger partial charge in [-0.3, -0.25) is 14.3 Å². The van der Waals surface area contributed by atoms with Crippen molar-refractivity contribution in [2.75, 3.05) is 0 Å². The topological polar surface area (TPSA) is 34.9 Å². The van der Waals surface area contributed by atoms with E-state index < -0.39 is 0 Å². The number of hydrogen-bond acceptors (Lipinski definition) is 2. The SMILES string of the molecule is O=C(c1ccccn1)n1ccc2ccc(Cl)cc21. The molecule has 0 aliphatic rings. The summed E-state index contributed by atoms with van der Waals surface area (Å²) in [7, 11) is 0. The molecule has 3 rings (SSSR count). The van der Waals surface area contributed by atoms with Gasteiger partial charge in [-0.15, -0.1) is 0 Å². The lowest BCUT2D eigenvalue weighted by Gasteiger charge is -2.03. The first kappa shape index (κ1) is 11.0. The zero-order valence-corrected chi connectivity index (χ0v) is 10.1. The van der Waals surface area contributed by atoms with Crippen LogP contribution in [0.1, 0.15) is 10.5 Å². The minimum absolute atomic E-state index is 0.159. The fraction of sp³-hybridized carbons (Fsp3) is 0. The van der Waals surface area contributed by atoms with Crippen LogP contribution in [-0.2, 0) is 0 Å². The molecule has 0 unspecified atom stereocenters. The molecule has 3 nitrogen and oxygen atoms in total. The molecule has 0 atom stereocenters. The molecule has 88 valence electrons. The van der Waals surface area contributed by atoms with Crippen LogP contribution in [-0.4, -0.2) is 15.5 Å². The Balaban J connectivity index is 2.15. The first-order valence-corrected chi connectivity index (χ1v) is 5.86. The van der Waals surface area contributed by atoms with E-state index >= 15 is 0 Å². The third-order valence-corrected chi connectivity index (χ3v) is 2.99. The van der Waals surface area contributed by atoms with Crippen molar-refractivity contribution in [3.63, 3.8) is 0 Å². The molecule has 0 fully saturated rings. The molecule has 2 heterocycles. The van der Waals surface area contributed by atoms with Crippen LogP contribution in [0.2, 0.25) is 5.02 Å². The van der Waals surface area contributed by atoms with E-state index in [-0.39, 0.29) is 5.91 Å². The van der Waals surface area contributed by atoms with Crippen molar-refractivity contribution in [2.24, 2.45) is 0 Å². The summed E-state index contributed by atoms with van der Waals surface area (Å²) in [5, 5.41) is 1.58. The number of fused-ring (bicyclic) bond motifs is 1. The minimum atomic E-state index is -0.159. The summed E-state index contributed by atoms with van der Waals surface area (Å²) in [5.74, 6) is -0.159. The number of carbonyl (C=O) groups is 1. The molecule has 0 N–H and O–H groups in total. The normalized spacial score (nSPS) is 10.7. The molecular formula is C14H9ClN2O. The lowest BCUT2D eigenvalue weighted by molar-refractivity contribution is 0.0960. The number of halogens is 1. The fourth-order valence-corrected chi connectivity index (χ4v) is 2.06. The van der Waals surface area contributed by atoms with E-state index in [1.54, 1.807) is 47.3 Å². The van der Waals surface area contributed by atoms with Crippen molar-refractivity contribution < 1.29 is 4.79 Å². The maximum atomic E-state index is 12.3.